The Bertz CT molecular complexity index is 595. The summed E-state index contributed by atoms with van der Waals surface area (Å²) in [5.74, 6) is 1.11. The number of carbonyl (C=O) groups is 1. The first kappa shape index (κ1) is 13.4. The van der Waals surface area contributed by atoms with E-state index < -0.39 is 0 Å². The summed E-state index contributed by atoms with van der Waals surface area (Å²) in [5.41, 5.74) is 1.30. The van der Waals surface area contributed by atoms with Crippen molar-refractivity contribution in [2.75, 3.05) is 21.3 Å². The molecule has 2 aromatic rings. The molecule has 19 heavy (non-hydrogen) atoms. The Kier molecular flexibility index (Phi) is 4.01. The van der Waals surface area contributed by atoms with E-state index in [0.29, 0.717) is 17.2 Å². The van der Waals surface area contributed by atoms with E-state index in [1.807, 2.05) is 18.2 Å². The molecule has 0 bridgehead atoms. The summed E-state index contributed by atoms with van der Waals surface area (Å²) in [6.07, 6.45) is 0. The van der Waals surface area contributed by atoms with E-state index in [-0.39, 0.29) is 5.91 Å². The first-order valence-corrected chi connectivity index (χ1v) is 6.47. The standard InChI is InChI=1S/C13H14N2O3S/c1-14-12(16)9-7-19-13(15-9)8-4-5-10(17-2)11(6-8)18-3/h4-7H,1-3H3,(H,14,16). The molecule has 0 radical (unpaired) electrons. The summed E-state index contributed by atoms with van der Waals surface area (Å²) in [5, 5.41) is 5.04. The minimum Gasteiger partial charge on any atom is -0.493 e. The molecule has 1 amide bonds. The molecule has 0 saturated carbocycles. The van der Waals surface area contributed by atoms with E-state index >= 15 is 0 Å². The molecule has 0 aliphatic carbocycles. The van der Waals surface area contributed by atoms with Crippen molar-refractivity contribution in [2.24, 2.45) is 0 Å². The molecule has 0 aliphatic rings. The van der Waals surface area contributed by atoms with Gasteiger partial charge in [-0.2, -0.15) is 0 Å². The van der Waals surface area contributed by atoms with E-state index in [0.717, 1.165) is 10.6 Å². The lowest BCUT2D eigenvalue weighted by molar-refractivity contribution is 0.0959. The van der Waals surface area contributed by atoms with Crippen LogP contribution in [0.3, 0.4) is 0 Å². The number of rotatable bonds is 4. The van der Waals surface area contributed by atoms with Gasteiger partial charge in [0.05, 0.1) is 14.2 Å². The van der Waals surface area contributed by atoms with Gasteiger partial charge in [-0.05, 0) is 18.2 Å². The van der Waals surface area contributed by atoms with Crippen molar-refractivity contribution in [1.29, 1.82) is 0 Å². The summed E-state index contributed by atoms with van der Waals surface area (Å²) >= 11 is 1.41. The number of nitrogens with zero attached hydrogens (tertiary/aromatic N) is 1. The van der Waals surface area contributed by atoms with E-state index in [1.165, 1.54) is 11.3 Å². The largest absolute Gasteiger partial charge is 0.493 e. The summed E-state index contributed by atoms with van der Waals surface area (Å²) in [7, 11) is 4.75. The molecular weight excluding hydrogens is 264 g/mol. The monoisotopic (exact) mass is 278 g/mol. The Morgan fingerprint density at radius 2 is 2.00 bits per heavy atom. The minimum absolute atomic E-state index is 0.192. The average molecular weight is 278 g/mol. The highest BCUT2D eigenvalue weighted by molar-refractivity contribution is 7.13. The second-order valence-electron chi connectivity index (χ2n) is 3.69. The highest BCUT2D eigenvalue weighted by atomic mass is 32.1. The fourth-order valence-electron chi connectivity index (χ4n) is 1.61. The molecule has 6 heteroatoms. The van der Waals surface area contributed by atoms with Crippen molar-refractivity contribution >= 4 is 17.2 Å². The number of hydrogen-bond acceptors (Lipinski definition) is 5. The van der Waals surface area contributed by atoms with E-state index in [2.05, 4.69) is 10.3 Å². The molecule has 2 rings (SSSR count). The molecular formula is C13H14N2O3S. The van der Waals surface area contributed by atoms with Crippen molar-refractivity contribution in [3.63, 3.8) is 0 Å². The van der Waals surface area contributed by atoms with Crippen molar-refractivity contribution in [1.82, 2.24) is 10.3 Å². The number of nitrogens with one attached hydrogen (secondary N) is 1. The maximum atomic E-state index is 11.5. The van der Waals surface area contributed by atoms with Gasteiger partial charge in [0.25, 0.3) is 5.91 Å². The number of aromatic nitrogens is 1. The molecule has 0 aliphatic heterocycles. The number of hydrogen-bond donors (Lipinski definition) is 1. The van der Waals surface area contributed by atoms with E-state index in [4.69, 9.17) is 9.47 Å². The molecule has 1 N–H and O–H groups in total. The lowest BCUT2D eigenvalue weighted by Gasteiger charge is -2.08. The Hall–Kier alpha value is -2.08. The van der Waals surface area contributed by atoms with Crippen LogP contribution in [0.1, 0.15) is 10.5 Å². The van der Waals surface area contributed by atoms with Crippen LogP contribution in [0.2, 0.25) is 0 Å². The van der Waals surface area contributed by atoms with Gasteiger partial charge in [-0.15, -0.1) is 11.3 Å². The number of amides is 1. The quantitative estimate of drug-likeness (QED) is 0.931. The van der Waals surface area contributed by atoms with Crippen molar-refractivity contribution in [3.05, 3.63) is 29.3 Å². The number of ether oxygens (including phenoxy) is 2. The van der Waals surface area contributed by atoms with Gasteiger partial charge >= 0.3 is 0 Å². The van der Waals surface area contributed by atoms with E-state index in [1.54, 1.807) is 26.6 Å². The Morgan fingerprint density at radius 3 is 2.63 bits per heavy atom. The van der Waals surface area contributed by atoms with Gasteiger partial charge in [-0.3, -0.25) is 4.79 Å². The fraction of sp³-hybridized carbons (Fsp3) is 0.231. The number of methoxy groups -OCH3 is 2. The third-order valence-electron chi connectivity index (χ3n) is 2.59. The number of thiazole rings is 1. The van der Waals surface area contributed by atoms with Gasteiger partial charge in [-0.1, -0.05) is 0 Å². The van der Waals surface area contributed by atoms with Gasteiger partial charge in [0.15, 0.2) is 11.5 Å². The topological polar surface area (TPSA) is 60.5 Å². The Labute approximate surface area is 115 Å². The molecule has 0 fully saturated rings. The summed E-state index contributed by atoms with van der Waals surface area (Å²) in [4.78, 5) is 15.8. The SMILES string of the molecule is CNC(=O)c1csc(-c2ccc(OC)c(OC)c2)n1. The van der Waals surface area contributed by atoms with Crippen molar-refractivity contribution in [3.8, 4) is 22.1 Å². The Morgan fingerprint density at radius 1 is 1.26 bits per heavy atom. The molecule has 1 heterocycles. The number of benzene rings is 1. The molecule has 5 nitrogen and oxygen atoms in total. The van der Waals surface area contributed by atoms with Gasteiger partial charge in [0.2, 0.25) is 0 Å². The summed E-state index contributed by atoms with van der Waals surface area (Å²) < 4.78 is 10.4. The van der Waals surface area contributed by atoms with E-state index in [9.17, 15) is 4.79 Å². The third-order valence-corrected chi connectivity index (χ3v) is 3.49. The maximum absolute atomic E-state index is 11.5. The second kappa shape index (κ2) is 5.71. The van der Waals surface area contributed by atoms with Crippen LogP contribution in [0.5, 0.6) is 11.5 Å². The van der Waals surface area contributed by atoms with Crippen molar-refractivity contribution in [2.45, 2.75) is 0 Å². The van der Waals surface area contributed by atoms with Gasteiger partial charge < -0.3 is 14.8 Å². The number of carbonyl (C=O) groups excluding carboxylic acids is 1. The van der Waals surface area contributed by atoms with Crippen molar-refractivity contribution < 1.29 is 14.3 Å². The van der Waals surface area contributed by atoms with Crippen LogP contribution in [-0.2, 0) is 0 Å². The molecule has 0 spiro atoms. The predicted octanol–water partition coefficient (Wildman–Crippen LogP) is 2.19. The lowest BCUT2D eigenvalue weighted by Crippen LogP contribution is -2.17. The maximum Gasteiger partial charge on any atom is 0.270 e. The van der Waals surface area contributed by atoms with Crippen LogP contribution in [0.4, 0.5) is 0 Å². The normalized spacial score (nSPS) is 10.1. The molecule has 0 saturated heterocycles. The third kappa shape index (κ3) is 2.68. The average Bonchev–Trinajstić information content (AvgIpc) is 2.95. The van der Waals surface area contributed by atoms with Gasteiger partial charge in [0, 0.05) is 18.0 Å². The second-order valence-corrected chi connectivity index (χ2v) is 4.54. The first-order valence-electron chi connectivity index (χ1n) is 5.59. The minimum atomic E-state index is -0.192. The predicted molar refractivity (Wildman–Crippen MR) is 74.0 cm³/mol. The molecule has 1 aromatic carbocycles. The first-order chi connectivity index (χ1) is 9.19. The molecule has 0 unspecified atom stereocenters. The highest BCUT2D eigenvalue weighted by Crippen LogP contribution is 2.33. The molecule has 0 atom stereocenters. The van der Waals surface area contributed by atoms with Crippen LogP contribution in [-0.4, -0.2) is 32.2 Å². The summed E-state index contributed by atoms with van der Waals surface area (Å²) in [6.45, 7) is 0. The van der Waals surface area contributed by atoms with Crippen LogP contribution in [0.15, 0.2) is 23.6 Å². The van der Waals surface area contributed by atoms with Gasteiger partial charge in [0.1, 0.15) is 10.7 Å². The summed E-state index contributed by atoms with van der Waals surface area (Å²) in [6, 6.07) is 5.54. The van der Waals surface area contributed by atoms with Crippen LogP contribution >= 0.6 is 11.3 Å². The smallest absolute Gasteiger partial charge is 0.270 e. The van der Waals surface area contributed by atoms with Crippen LogP contribution in [0.25, 0.3) is 10.6 Å². The zero-order chi connectivity index (χ0) is 13.8. The fourth-order valence-corrected chi connectivity index (χ4v) is 2.41. The highest BCUT2D eigenvalue weighted by Gasteiger charge is 2.12. The molecule has 100 valence electrons. The lowest BCUT2D eigenvalue weighted by atomic mass is 10.2. The molecule has 1 aromatic heterocycles. The van der Waals surface area contributed by atoms with Crippen LogP contribution < -0.4 is 14.8 Å². The van der Waals surface area contributed by atoms with Crippen LogP contribution in [0, 0.1) is 0 Å². The zero-order valence-corrected chi connectivity index (χ0v) is 11.7. The zero-order valence-electron chi connectivity index (χ0n) is 10.9. The Balaban J connectivity index is 2.36. The van der Waals surface area contributed by atoms with Gasteiger partial charge in [-0.25, -0.2) is 4.98 Å².